The van der Waals surface area contributed by atoms with Crippen LogP contribution in [0.5, 0.6) is 0 Å². The van der Waals surface area contributed by atoms with E-state index in [-0.39, 0.29) is 5.91 Å². The second-order valence-corrected chi connectivity index (χ2v) is 7.01. The van der Waals surface area contributed by atoms with Gasteiger partial charge in [-0.3, -0.25) is 9.59 Å². The molecule has 0 radical (unpaired) electrons. The summed E-state index contributed by atoms with van der Waals surface area (Å²) in [5.41, 5.74) is 0. The van der Waals surface area contributed by atoms with Crippen molar-refractivity contribution >= 4 is 11.9 Å². The maximum absolute atomic E-state index is 11.3. The Morgan fingerprint density at radius 3 is 1.71 bits per heavy atom. The Hall–Kier alpha value is -1.06. The van der Waals surface area contributed by atoms with Gasteiger partial charge in [-0.1, -0.05) is 77.6 Å². The van der Waals surface area contributed by atoms with Crippen molar-refractivity contribution in [3.63, 3.8) is 0 Å². The number of nitrogens with one attached hydrogen (secondary N) is 1. The lowest BCUT2D eigenvalue weighted by Gasteiger charge is -2.17. The van der Waals surface area contributed by atoms with E-state index in [1.165, 1.54) is 57.8 Å². The lowest BCUT2D eigenvalue weighted by atomic mass is 10.00. The van der Waals surface area contributed by atoms with Gasteiger partial charge in [0, 0.05) is 19.4 Å². The molecule has 0 saturated heterocycles. The van der Waals surface area contributed by atoms with Gasteiger partial charge in [-0.2, -0.15) is 0 Å². The summed E-state index contributed by atoms with van der Waals surface area (Å²) in [4.78, 5) is 21.7. The molecule has 0 aliphatic rings. The van der Waals surface area contributed by atoms with Crippen LogP contribution in [0.25, 0.3) is 0 Å². The molecule has 0 heterocycles. The minimum Gasteiger partial charge on any atom is -0.481 e. The summed E-state index contributed by atoms with van der Waals surface area (Å²) in [7, 11) is 0. The molecule has 24 heavy (non-hydrogen) atoms. The molecule has 2 N–H and O–H groups in total. The molecule has 4 heteroatoms. The number of rotatable bonds is 17. The van der Waals surface area contributed by atoms with E-state index in [1.54, 1.807) is 6.92 Å². The molecule has 1 atom stereocenters. The highest BCUT2D eigenvalue weighted by Crippen LogP contribution is 2.14. The van der Waals surface area contributed by atoms with E-state index in [0.717, 1.165) is 32.1 Å². The van der Waals surface area contributed by atoms with Gasteiger partial charge in [-0.05, 0) is 19.3 Å². The highest BCUT2D eigenvalue weighted by atomic mass is 16.4. The first-order valence-electron chi connectivity index (χ1n) is 10.0. The topological polar surface area (TPSA) is 66.4 Å². The molecule has 0 aromatic carbocycles. The van der Waals surface area contributed by atoms with Crippen LogP contribution in [0.2, 0.25) is 0 Å². The number of unbranched alkanes of at least 4 members (excludes halogenated alkanes) is 10. The van der Waals surface area contributed by atoms with Crippen molar-refractivity contribution in [1.82, 2.24) is 5.32 Å². The Morgan fingerprint density at radius 2 is 1.25 bits per heavy atom. The van der Waals surface area contributed by atoms with Crippen LogP contribution in [0.15, 0.2) is 0 Å². The van der Waals surface area contributed by atoms with Gasteiger partial charge < -0.3 is 10.4 Å². The highest BCUT2D eigenvalue weighted by Gasteiger charge is 2.09. The van der Waals surface area contributed by atoms with E-state index in [2.05, 4.69) is 12.2 Å². The molecule has 0 aliphatic carbocycles. The molecule has 142 valence electrons. The normalized spacial score (nSPS) is 12.1. The fourth-order valence-corrected chi connectivity index (χ4v) is 3.12. The fourth-order valence-electron chi connectivity index (χ4n) is 3.12. The molecule has 1 amide bonds. The highest BCUT2D eigenvalue weighted by molar-refractivity contribution is 5.73. The second-order valence-electron chi connectivity index (χ2n) is 7.01. The summed E-state index contributed by atoms with van der Waals surface area (Å²) >= 11 is 0. The van der Waals surface area contributed by atoms with Gasteiger partial charge in [0.05, 0.1) is 0 Å². The summed E-state index contributed by atoms with van der Waals surface area (Å²) in [6.45, 7) is 3.84. The van der Waals surface area contributed by atoms with Crippen LogP contribution in [0, 0.1) is 0 Å². The molecule has 0 aliphatic heterocycles. The molecule has 0 fully saturated rings. The van der Waals surface area contributed by atoms with Gasteiger partial charge >= 0.3 is 5.97 Å². The van der Waals surface area contributed by atoms with Crippen LogP contribution in [-0.4, -0.2) is 23.0 Å². The van der Waals surface area contributed by atoms with Crippen LogP contribution in [-0.2, 0) is 9.59 Å². The largest absolute Gasteiger partial charge is 0.481 e. The van der Waals surface area contributed by atoms with Crippen LogP contribution in [0.4, 0.5) is 0 Å². The van der Waals surface area contributed by atoms with E-state index >= 15 is 0 Å². The molecular weight excluding hydrogens is 302 g/mol. The third-order valence-corrected chi connectivity index (χ3v) is 4.51. The van der Waals surface area contributed by atoms with Gasteiger partial charge in [0.2, 0.25) is 5.91 Å². The number of hydrogen-bond donors (Lipinski definition) is 2. The van der Waals surface area contributed by atoms with Gasteiger partial charge in [0.25, 0.3) is 0 Å². The predicted molar refractivity (Wildman–Crippen MR) is 100 cm³/mol. The molecule has 0 bridgehead atoms. The van der Waals surface area contributed by atoms with Crippen molar-refractivity contribution in [2.75, 3.05) is 0 Å². The Kier molecular flexibility index (Phi) is 16.0. The second kappa shape index (κ2) is 16.8. The number of carboxylic acids is 1. The quantitative estimate of drug-likeness (QED) is 0.346. The Morgan fingerprint density at radius 1 is 0.792 bits per heavy atom. The molecule has 0 spiro atoms. The minimum absolute atomic E-state index is 0.0898. The molecule has 1 unspecified atom stereocenters. The molecule has 0 rings (SSSR count). The number of hydrogen-bond acceptors (Lipinski definition) is 2. The molecular formula is C20H39NO3. The van der Waals surface area contributed by atoms with Crippen molar-refractivity contribution in [3.05, 3.63) is 0 Å². The van der Waals surface area contributed by atoms with Gasteiger partial charge in [0.15, 0.2) is 0 Å². The van der Waals surface area contributed by atoms with E-state index in [9.17, 15) is 9.59 Å². The first-order valence-corrected chi connectivity index (χ1v) is 10.0. The average Bonchev–Trinajstić information content (AvgIpc) is 2.51. The molecule has 4 nitrogen and oxygen atoms in total. The van der Waals surface area contributed by atoms with Crippen molar-refractivity contribution < 1.29 is 14.7 Å². The summed E-state index contributed by atoms with van der Waals surface area (Å²) < 4.78 is 0. The van der Waals surface area contributed by atoms with E-state index in [4.69, 9.17) is 5.11 Å². The minimum atomic E-state index is -0.686. The van der Waals surface area contributed by atoms with Crippen molar-refractivity contribution in [3.8, 4) is 0 Å². The van der Waals surface area contributed by atoms with Crippen molar-refractivity contribution in [2.45, 2.75) is 116 Å². The zero-order valence-corrected chi connectivity index (χ0v) is 15.9. The maximum atomic E-state index is 11.3. The Bertz CT molecular complexity index is 318. The number of carbonyl (C=O) groups is 2. The average molecular weight is 342 g/mol. The van der Waals surface area contributed by atoms with Crippen molar-refractivity contribution in [2.24, 2.45) is 0 Å². The fraction of sp³-hybridized carbons (Fsp3) is 0.900. The summed E-state index contributed by atoms with van der Waals surface area (Å²) in [6, 6.07) is 0.347. The first-order chi connectivity index (χ1) is 11.6. The zero-order chi connectivity index (χ0) is 18.0. The third-order valence-electron chi connectivity index (χ3n) is 4.51. The third kappa shape index (κ3) is 17.3. The van der Waals surface area contributed by atoms with Crippen LogP contribution in [0.3, 0.4) is 0 Å². The van der Waals surface area contributed by atoms with E-state index in [1.807, 2.05) is 0 Å². The van der Waals surface area contributed by atoms with Crippen LogP contribution < -0.4 is 5.32 Å². The molecule has 0 saturated carbocycles. The zero-order valence-electron chi connectivity index (χ0n) is 15.9. The number of carboxylic acid groups (broad SMARTS) is 1. The molecule has 0 aromatic rings. The monoisotopic (exact) mass is 341 g/mol. The van der Waals surface area contributed by atoms with Gasteiger partial charge in [0.1, 0.15) is 0 Å². The van der Waals surface area contributed by atoms with E-state index in [0.29, 0.717) is 12.5 Å². The summed E-state index contributed by atoms with van der Waals surface area (Å²) in [5, 5.41) is 11.7. The van der Waals surface area contributed by atoms with Gasteiger partial charge in [-0.15, -0.1) is 0 Å². The van der Waals surface area contributed by atoms with Crippen LogP contribution in [0.1, 0.15) is 110 Å². The number of carbonyl (C=O) groups excluding carboxylic acids is 1. The summed E-state index contributed by atoms with van der Waals surface area (Å²) in [6.07, 6.45) is 16.7. The maximum Gasteiger partial charge on any atom is 0.303 e. The summed E-state index contributed by atoms with van der Waals surface area (Å²) in [5.74, 6) is -0.597. The first kappa shape index (κ1) is 22.9. The van der Waals surface area contributed by atoms with E-state index < -0.39 is 5.97 Å². The Balaban J connectivity index is 3.60. The standard InChI is InChI=1S/C20H39NO3/c1-3-4-5-9-12-15-19(21-18(2)22)16-13-10-7-6-8-11-14-17-20(23)24/h19H,3-17H2,1-2H3,(H,21,22)(H,23,24). The van der Waals surface area contributed by atoms with Gasteiger partial charge in [-0.25, -0.2) is 0 Å². The number of amides is 1. The SMILES string of the molecule is CCCCCCCC(CCCCCCCCCC(=O)O)NC(C)=O. The lowest BCUT2D eigenvalue weighted by Crippen LogP contribution is -2.32. The smallest absolute Gasteiger partial charge is 0.303 e. The lowest BCUT2D eigenvalue weighted by molar-refractivity contribution is -0.137. The Labute approximate surface area is 148 Å². The molecule has 0 aromatic heterocycles. The predicted octanol–water partition coefficient (Wildman–Crippen LogP) is 5.45. The number of aliphatic carboxylic acids is 1. The van der Waals surface area contributed by atoms with Crippen LogP contribution >= 0.6 is 0 Å². The van der Waals surface area contributed by atoms with Crippen molar-refractivity contribution in [1.29, 1.82) is 0 Å².